The number of hydrogen-bond acceptors (Lipinski definition) is 3. The largest absolute Gasteiger partial charge is 0.479 e. The topological polar surface area (TPSA) is 58.6 Å². The van der Waals surface area contributed by atoms with E-state index in [2.05, 4.69) is 5.32 Å². The van der Waals surface area contributed by atoms with Crippen LogP contribution in [0.15, 0.2) is 36.4 Å². The first-order valence-corrected chi connectivity index (χ1v) is 9.36. The zero-order valence-corrected chi connectivity index (χ0v) is 16.6. The van der Waals surface area contributed by atoms with Crippen molar-refractivity contribution in [1.29, 1.82) is 0 Å². The number of anilines is 2. The molecule has 1 N–H and O–H groups in total. The zero-order chi connectivity index (χ0) is 20.4. The lowest BCUT2D eigenvalue weighted by atomic mass is 9.85. The van der Waals surface area contributed by atoms with Gasteiger partial charge in [-0.2, -0.15) is 0 Å². The molecule has 148 valence electrons. The molecule has 2 amide bonds. The Bertz CT molecular complexity index is 911. The van der Waals surface area contributed by atoms with Crippen LogP contribution in [0.3, 0.4) is 0 Å². The molecule has 0 saturated carbocycles. The van der Waals surface area contributed by atoms with E-state index in [1.807, 2.05) is 13.8 Å². The van der Waals surface area contributed by atoms with Gasteiger partial charge in [-0.05, 0) is 48.1 Å². The predicted octanol–water partition coefficient (Wildman–Crippen LogP) is 4.26. The average Bonchev–Trinajstić information content (AvgIpc) is 2.65. The molecular formula is C22H25FN2O3. The first-order chi connectivity index (χ1) is 13.3. The number of amides is 2. The number of nitrogens with one attached hydrogen (secondary N) is 1. The monoisotopic (exact) mass is 384 g/mol. The number of nitrogens with zero attached hydrogens (tertiary/aromatic N) is 1. The van der Waals surface area contributed by atoms with Gasteiger partial charge in [-0.25, -0.2) is 4.39 Å². The third-order valence-corrected chi connectivity index (χ3v) is 5.16. The van der Waals surface area contributed by atoms with Gasteiger partial charge in [0.1, 0.15) is 5.82 Å². The summed E-state index contributed by atoms with van der Waals surface area (Å²) in [5, 5.41) is 2.91. The van der Waals surface area contributed by atoms with Crippen molar-refractivity contribution in [2.45, 2.75) is 33.1 Å². The van der Waals surface area contributed by atoms with Crippen LogP contribution in [-0.2, 0) is 9.59 Å². The highest BCUT2D eigenvalue weighted by Crippen LogP contribution is 2.38. The summed E-state index contributed by atoms with van der Waals surface area (Å²) in [7, 11) is 1.68. The van der Waals surface area contributed by atoms with E-state index in [4.69, 9.17) is 4.74 Å². The highest BCUT2D eigenvalue weighted by atomic mass is 19.1. The summed E-state index contributed by atoms with van der Waals surface area (Å²) in [6, 6.07) is 10.3. The molecular weight excluding hydrogens is 359 g/mol. The fourth-order valence-corrected chi connectivity index (χ4v) is 3.44. The first-order valence-electron chi connectivity index (χ1n) is 9.36. The Morgan fingerprint density at radius 2 is 2.04 bits per heavy atom. The second-order valence-electron chi connectivity index (χ2n) is 7.51. The minimum atomic E-state index is -0.248. The summed E-state index contributed by atoms with van der Waals surface area (Å²) >= 11 is 0. The van der Waals surface area contributed by atoms with Gasteiger partial charge in [0, 0.05) is 13.5 Å². The van der Waals surface area contributed by atoms with E-state index < -0.39 is 0 Å². The molecule has 0 fully saturated rings. The predicted molar refractivity (Wildman–Crippen MR) is 107 cm³/mol. The molecule has 0 saturated heterocycles. The highest BCUT2D eigenvalue weighted by molar-refractivity contribution is 6.01. The van der Waals surface area contributed by atoms with Crippen LogP contribution in [0.5, 0.6) is 5.75 Å². The number of likely N-dealkylation sites (N-methyl/N-ethyl adjacent to an activating group) is 1. The maximum atomic E-state index is 13.6. The first kappa shape index (κ1) is 19.9. The van der Waals surface area contributed by atoms with Crippen molar-refractivity contribution in [2.24, 2.45) is 5.92 Å². The summed E-state index contributed by atoms with van der Waals surface area (Å²) in [5.74, 6) is 0.128. The molecule has 1 atom stereocenters. The van der Waals surface area contributed by atoms with Crippen LogP contribution in [0.1, 0.15) is 37.3 Å². The Morgan fingerprint density at radius 1 is 1.29 bits per heavy atom. The summed E-state index contributed by atoms with van der Waals surface area (Å²) in [4.78, 5) is 26.1. The average molecular weight is 384 g/mol. The van der Waals surface area contributed by atoms with Gasteiger partial charge in [-0.1, -0.05) is 32.0 Å². The number of ether oxygens (including phenoxy) is 1. The van der Waals surface area contributed by atoms with Crippen molar-refractivity contribution in [3.63, 3.8) is 0 Å². The maximum Gasteiger partial charge on any atom is 0.264 e. The second kappa shape index (κ2) is 8.00. The van der Waals surface area contributed by atoms with Crippen molar-refractivity contribution in [2.75, 3.05) is 23.9 Å². The number of carbonyl (C=O) groups is 2. The quantitative estimate of drug-likeness (QED) is 0.838. The molecule has 2 aromatic rings. The molecule has 28 heavy (non-hydrogen) atoms. The van der Waals surface area contributed by atoms with E-state index in [1.165, 1.54) is 11.0 Å². The minimum Gasteiger partial charge on any atom is -0.479 e. The van der Waals surface area contributed by atoms with Gasteiger partial charge in [0.05, 0.1) is 11.4 Å². The van der Waals surface area contributed by atoms with Crippen LogP contribution in [-0.4, -0.2) is 25.5 Å². The number of benzene rings is 2. The molecule has 0 bridgehead atoms. The Morgan fingerprint density at radius 3 is 2.71 bits per heavy atom. The van der Waals surface area contributed by atoms with E-state index >= 15 is 0 Å². The number of fused-ring (bicyclic) bond motifs is 1. The van der Waals surface area contributed by atoms with Crippen molar-refractivity contribution in [1.82, 2.24) is 0 Å². The van der Waals surface area contributed by atoms with Crippen LogP contribution in [0.2, 0.25) is 0 Å². The molecule has 0 aromatic heterocycles. The third-order valence-electron chi connectivity index (χ3n) is 5.16. The lowest BCUT2D eigenvalue weighted by molar-refractivity contribution is -0.121. The highest BCUT2D eigenvalue weighted by Gasteiger charge is 2.26. The van der Waals surface area contributed by atoms with Crippen molar-refractivity contribution < 1.29 is 18.7 Å². The van der Waals surface area contributed by atoms with Crippen LogP contribution in [0, 0.1) is 18.7 Å². The molecule has 5 nitrogen and oxygen atoms in total. The fraction of sp³-hybridized carbons (Fsp3) is 0.364. The van der Waals surface area contributed by atoms with E-state index in [0.717, 1.165) is 5.56 Å². The summed E-state index contributed by atoms with van der Waals surface area (Å²) < 4.78 is 19.2. The van der Waals surface area contributed by atoms with E-state index in [-0.39, 0.29) is 42.5 Å². The van der Waals surface area contributed by atoms with Crippen molar-refractivity contribution in [3.8, 4) is 5.75 Å². The van der Waals surface area contributed by atoms with Crippen LogP contribution in [0.25, 0.3) is 0 Å². The zero-order valence-electron chi connectivity index (χ0n) is 16.6. The standard InChI is InChI=1S/C22H25FN2O3/c1-13(2)16(15-8-9-17(23)14(3)10-15)11-20(26)24-18-6-5-7-19-22(18)28-12-21(27)25(19)4/h5-10,13,16H,11-12H2,1-4H3,(H,24,26). The summed E-state index contributed by atoms with van der Waals surface area (Å²) in [5.41, 5.74) is 2.69. The van der Waals surface area contributed by atoms with Gasteiger partial charge in [0.15, 0.2) is 12.4 Å². The number of para-hydroxylation sites is 1. The van der Waals surface area contributed by atoms with E-state index in [1.54, 1.807) is 44.3 Å². The van der Waals surface area contributed by atoms with Gasteiger partial charge in [0.2, 0.25) is 5.91 Å². The van der Waals surface area contributed by atoms with Gasteiger partial charge >= 0.3 is 0 Å². The number of hydrogen-bond donors (Lipinski definition) is 1. The number of halogens is 1. The maximum absolute atomic E-state index is 13.6. The third kappa shape index (κ3) is 4.01. The van der Waals surface area contributed by atoms with Gasteiger partial charge in [-0.3, -0.25) is 9.59 Å². The van der Waals surface area contributed by atoms with Gasteiger partial charge in [-0.15, -0.1) is 0 Å². The summed E-state index contributed by atoms with van der Waals surface area (Å²) in [6.45, 7) is 5.76. The van der Waals surface area contributed by atoms with Crippen LogP contribution >= 0.6 is 0 Å². The molecule has 1 heterocycles. The molecule has 6 heteroatoms. The molecule has 0 aliphatic carbocycles. The Labute approximate surface area is 164 Å². The lowest BCUT2D eigenvalue weighted by Crippen LogP contribution is -2.35. The van der Waals surface area contributed by atoms with E-state index in [0.29, 0.717) is 22.7 Å². The Kier molecular flexibility index (Phi) is 5.68. The molecule has 0 spiro atoms. The van der Waals surface area contributed by atoms with E-state index in [9.17, 15) is 14.0 Å². The molecule has 1 aliphatic rings. The Hall–Kier alpha value is -2.89. The summed E-state index contributed by atoms with van der Waals surface area (Å²) in [6.07, 6.45) is 0.265. The van der Waals surface area contributed by atoms with Crippen molar-refractivity contribution >= 4 is 23.2 Å². The smallest absolute Gasteiger partial charge is 0.264 e. The minimum absolute atomic E-state index is 0.0380. The SMILES string of the molecule is Cc1cc(C(CC(=O)Nc2cccc3c2OCC(=O)N3C)C(C)C)ccc1F. The number of aryl methyl sites for hydroxylation is 1. The molecule has 0 radical (unpaired) electrons. The van der Waals surface area contributed by atoms with Crippen LogP contribution in [0.4, 0.5) is 15.8 Å². The molecule has 1 aliphatic heterocycles. The molecule has 3 rings (SSSR count). The number of carbonyl (C=O) groups excluding carboxylic acids is 2. The van der Waals surface area contributed by atoms with Gasteiger partial charge in [0.25, 0.3) is 5.91 Å². The lowest BCUT2D eigenvalue weighted by Gasteiger charge is -2.28. The van der Waals surface area contributed by atoms with Gasteiger partial charge < -0.3 is 15.0 Å². The second-order valence-corrected chi connectivity index (χ2v) is 7.51. The Balaban J connectivity index is 1.79. The normalized spacial score (nSPS) is 14.5. The fourth-order valence-electron chi connectivity index (χ4n) is 3.44. The number of rotatable bonds is 5. The molecule has 2 aromatic carbocycles. The van der Waals surface area contributed by atoms with Crippen LogP contribution < -0.4 is 15.0 Å². The molecule has 1 unspecified atom stereocenters. The van der Waals surface area contributed by atoms with Crippen molar-refractivity contribution in [3.05, 3.63) is 53.3 Å².